The van der Waals surface area contributed by atoms with Crippen molar-refractivity contribution in [2.24, 2.45) is 5.92 Å². The predicted molar refractivity (Wildman–Crippen MR) is 131 cm³/mol. The molecule has 1 saturated heterocycles. The van der Waals surface area contributed by atoms with Crippen molar-refractivity contribution in [2.45, 2.75) is 25.4 Å². The van der Waals surface area contributed by atoms with Crippen LogP contribution in [0.25, 0.3) is 0 Å². The Morgan fingerprint density at radius 2 is 1.48 bits per heavy atom. The van der Waals surface area contributed by atoms with Crippen LogP contribution in [0.3, 0.4) is 0 Å². The maximum atomic E-state index is 12.6. The Hall–Kier alpha value is -3.15. The predicted octanol–water partition coefficient (Wildman–Crippen LogP) is 4.67. The van der Waals surface area contributed by atoms with Gasteiger partial charge in [-0.05, 0) is 74.2 Å². The monoisotopic (exact) mass is 444 g/mol. The zero-order valence-electron chi connectivity index (χ0n) is 19.1. The first kappa shape index (κ1) is 23.0. The molecule has 1 fully saturated rings. The second-order valence-corrected chi connectivity index (χ2v) is 8.55. The largest absolute Gasteiger partial charge is 0.494 e. The van der Waals surface area contributed by atoms with E-state index in [9.17, 15) is 9.90 Å². The normalized spacial score (nSPS) is 15.2. The van der Waals surface area contributed by atoms with E-state index < -0.39 is 5.60 Å². The molecule has 1 aliphatic heterocycles. The highest BCUT2D eigenvalue weighted by Gasteiger charge is 2.41. The van der Waals surface area contributed by atoms with E-state index in [1.165, 1.54) is 0 Å². The fraction of sp³-hybridized carbons (Fsp3) is 0.321. The van der Waals surface area contributed by atoms with Gasteiger partial charge in [-0.3, -0.25) is 9.69 Å². The fourth-order valence-corrected chi connectivity index (χ4v) is 4.74. The number of nitrogens with zero attached hydrogens (tertiary/aromatic N) is 1. The molecule has 2 N–H and O–H groups in total. The van der Waals surface area contributed by atoms with Gasteiger partial charge >= 0.3 is 0 Å². The average Bonchev–Trinajstić information content (AvgIpc) is 2.86. The van der Waals surface area contributed by atoms with Crippen molar-refractivity contribution >= 4 is 11.6 Å². The zero-order chi connectivity index (χ0) is 23.1. The first-order chi connectivity index (χ1) is 16.1. The van der Waals surface area contributed by atoms with Gasteiger partial charge in [-0.25, -0.2) is 0 Å². The lowest BCUT2D eigenvalue weighted by Crippen LogP contribution is -2.46. The zero-order valence-corrected chi connectivity index (χ0v) is 19.1. The SMILES string of the molecule is CCOc1ccc(NC(=O)CN2CCC(C(O)(c3ccccc3)c3ccccc3)CC2)cc1. The molecule has 1 aliphatic rings. The summed E-state index contributed by atoms with van der Waals surface area (Å²) in [6.07, 6.45) is 1.63. The minimum atomic E-state index is -1.04. The minimum absolute atomic E-state index is 0.0287. The Bertz CT molecular complexity index is 975. The minimum Gasteiger partial charge on any atom is -0.494 e. The standard InChI is InChI=1S/C28H32N2O3/c1-2-33-26-15-13-25(14-16-26)29-27(31)21-30-19-17-24(18-20-30)28(32,22-9-5-3-6-10-22)23-11-7-4-8-12-23/h3-16,24,32H,2,17-21H2,1H3,(H,29,31). The molecule has 0 aliphatic carbocycles. The topological polar surface area (TPSA) is 61.8 Å². The molecular weight excluding hydrogens is 412 g/mol. The van der Waals surface area contributed by atoms with Crippen molar-refractivity contribution in [3.05, 3.63) is 96.1 Å². The van der Waals surface area contributed by atoms with E-state index in [0.29, 0.717) is 13.2 Å². The lowest BCUT2D eigenvalue weighted by Gasteiger charge is -2.42. The van der Waals surface area contributed by atoms with Crippen molar-refractivity contribution in [2.75, 3.05) is 31.6 Å². The third kappa shape index (κ3) is 5.44. The Kier molecular flexibility index (Phi) is 7.43. The summed E-state index contributed by atoms with van der Waals surface area (Å²) >= 11 is 0. The molecule has 1 amide bonds. The molecule has 5 heteroatoms. The summed E-state index contributed by atoms with van der Waals surface area (Å²) in [6, 6.07) is 27.3. The Labute approximate surface area is 196 Å². The molecule has 0 unspecified atom stereocenters. The summed E-state index contributed by atoms with van der Waals surface area (Å²) in [6.45, 7) is 4.44. The first-order valence-electron chi connectivity index (χ1n) is 11.7. The molecule has 3 aromatic carbocycles. The highest BCUT2D eigenvalue weighted by molar-refractivity contribution is 5.92. The molecule has 4 rings (SSSR count). The molecular formula is C28H32N2O3. The third-order valence-corrected chi connectivity index (χ3v) is 6.42. The molecule has 172 valence electrons. The van der Waals surface area contributed by atoms with Crippen molar-refractivity contribution in [3.8, 4) is 5.75 Å². The number of benzene rings is 3. The molecule has 0 atom stereocenters. The number of amides is 1. The van der Waals surface area contributed by atoms with Crippen LogP contribution < -0.4 is 10.1 Å². The summed E-state index contributed by atoms with van der Waals surface area (Å²) in [7, 11) is 0. The number of ether oxygens (including phenoxy) is 1. The molecule has 3 aromatic rings. The van der Waals surface area contributed by atoms with Gasteiger partial charge < -0.3 is 15.2 Å². The Morgan fingerprint density at radius 1 is 0.939 bits per heavy atom. The summed E-state index contributed by atoms with van der Waals surface area (Å²) in [5.41, 5.74) is 1.56. The molecule has 0 bridgehead atoms. The van der Waals surface area contributed by atoms with Crippen LogP contribution in [-0.4, -0.2) is 42.2 Å². The summed E-state index contributed by atoms with van der Waals surface area (Å²) < 4.78 is 5.45. The van der Waals surface area contributed by atoms with Gasteiger partial charge in [-0.1, -0.05) is 60.7 Å². The fourth-order valence-electron chi connectivity index (χ4n) is 4.74. The van der Waals surface area contributed by atoms with Crippen LogP contribution in [0.4, 0.5) is 5.69 Å². The van der Waals surface area contributed by atoms with Gasteiger partial charge in [0.15, 0.2) is 0 Å². The molecule has 0 aromatic heterocycles. The maximum Gasteiger partial charge on any atom is 0.238 e. The molecule has 0 radical (unpaired) electrons. The Balaban J connectivity index is 1.38. The first-order valence-corrected chi connectivity index (χ1v) is 11.7. The van der Waals surface area contributed by atoms with Gasteiger partial charge in [-0.15, -0.1) is 0 Å². The van der Waals surface area contributed by atoms with Gasteiger partial charge in [0.25, 0.3) is 0 Å². The number of carbonyl (C=O) groups is 1. The van der Waals surface area contributed by atoms with Gasteiger partial charge in [0.1, 0.15) is 11.4 Å². The van der Waals surface area contributed by atoms with Crippen molar-refractivity contribution in [1.29, 1.82) is 0 Å². The van der Waals surface area contributed by atoms with Crippen molar-refractivity contribution in [1.82, 2.24) is 4.90 Å². The number of likely N-dealkylation sites (tertiary alicyclic amines) is 1. The number of aliphatic hydroxyl groups is 1. The number of anilines is 1. The van der Waals surface area contributed by atoms with Gasteiger partial charge in [0.2, 0.25) is 5.91 Å². The third-order valence-electron chi connectivity index (χ3n) is 6.42. The summed E-state index contributed by atoms with van der Waals surface area (Å²) in [5, 5.41) is 15.0. The van der Waals surface area contributed by atoms with Gasteiger partial charge in [0.05, 0.1) is 13.2 Å². The lowest BCUT2D eigenvalue weighted by molar-refractivity contribution is -0.118. The summed E-state index contributed by atoms with van der Waals surface area (Å²) in [5.74, 6) is 0.841. The number of hydrogen-bond acceptors (Lipinski definition) is 4. The van der Waals surface area contributed by atoms with Crippen LogP contribution >= 0.6 is 0 Å². The van der Waals surface area contributed by atoms with Gasteiger partial charge in [-0.2, -0.15) is 0 Å². The van der Waals surface area contributed by atoms with E-state index in [2.05, 4.69) is 10.2 Å². The highest BCUT2D eigenvalue weighted by atomic mass is 16.5. The smallest absolute Gasteiger partial charge is 0.238 e. The van der Waals surface area contributed by atoms with Crippen LogP contribution in [0.1, 0.15) is 30.9 Å². The average molecular weight is 445 g/mol. The highest BCUT2D eigenvalue weighted by Crippen LogP contribution is 2.41. The Morgan fingerprint density at radius 3 is 2.00 bits per heavy atom. The number of nitrogens with one attached hydrogen (secondary N) is 1. The number of rotatable bonds is 8. The van der Waals surface area contributed by atoms with E-state index in [4.69, 9.17) is 4.74 Å². The summed E-state index contributed by atoms with van der Waals surface area (Å²) in [4.78, 5) is 14.7. The lowest BCUT2D eigenvalue weighted by atomic mass is 9.72. The van der Waals surface area contributed by atoms with E-state index >= 15 is 0 Å². The quantitative estimate of drug-likeness (QED) is 0.530. The molecule has 0 saturated carbocycles. The molecule has 5 nitrogen and oxygen atoms in total. The molecule has 33 heavy (non-hydrogen) atoms. The molecule has 1 heterocycles. The van der Waals surface area contributed by atoms with Crippen LogP contribution in [0, 0.1) is 5.92 Å². The maximum absolute atomic E-state index is 12.6. The van der Waals surface area contributed by atoms with Gasteiger partial charge in [0, 0.05) is 5.69 Å². The van der Waals surface area contributed by atoms with Crippen LogP contribution in [0.5, 0.6) is 5.75 Å². The second kappa shape index (κ2) is 10.6. The van der Waals surface area contributed by atoms with E-state index in [-0.39, 0.29) is 11.8 Å². The van der Waals surface area contributed by atoms with E-state index in [0.717, 1.165) is 48.5 Å². The molecule has 0 spiro atoms. The number of hydrogen-bond donors (Lipinski definition) is 2. The number of carbonyl (C=O) groups excluding carboxylic acids is 1. The second-order valence-electron chi connectivity index (χ2n) is 8.55. The van der Waals surface area contributed by atoms with E-state index in [1.807, 2.05) is 91.9 Å². The number of piperidine rings is 1. The van der Waals surface area contributed by atoms with Crippen LogP contribution in [0.2, 0.25) is 0 Å². The van der Waals surface area contributed by atoms with E-state index in [1.54, 1.807) is 0 Å². The van der Waals surface area contributed by atoms with Crippen molar-refractivity contribution < 1.29 is 14.6 Å². The van der Waals surface area contributed by atoms with Crippen molar-refractivity contribution in [3.63, 3.8) is 0 Å². The van der Waals surface area contributed by atoms with Crippen LogP contribution in [0.15, 0.2) is 84.9 Å². The van der Waals surface area contributed by atoms with Crippen LogP contribution in [-0.2, 0) is 10.4 Å².